The lowest BCUT2D eigenvalue weighted by Gasteiger charge is -2.19. The Kier molecular flexibility index (Phi) is 6.63. The summed E-state index contributed by atoms with van der Waals surface area (Å²) < 4.78 is 5.05. The van der Waals surface area contributed by atoms with Gasteiger partial charge in [-0.05, 0) is 23.3 Å². The van der Waals surface area contributed by atoms with E-state index in [9.17, 15) is 4.79 Å². The van der Waals surface area contributed by atoms with Gasteiger partial charge in [-0.25, -0.2) is 0 Å². The number of carbonyl (C=O) groups is 1. The highest BCUT2D eigenvalue weighted by molar-refractivity contribution is 6.31. The van der Waals surface area contributed by atoms with Crippen molar-refractivity contribution in [2.24, 2.45) is 0 Å². The Balaban J connectivity index is 1.70. The fourth-order valence-corrected chi connectivity index (χ4v) is 3.29. The molecule has 1 heterocycles. The molecule has 0 aliphatic heterocycles. The summed E-state index contributed by atoms with van der Waals surface area (Å²) in [6.45, 7) is 0.826. The van der Waals surface area contributed by atoms with Gasteiger partial charge in [0.15, 0.2) is 0 Å². The number of H-pyrrole nitrogens is 1. The van der Waals surface area contributed by atoms with E-state index in [1.54, 1.807) is 7.11 Å². The average Bonchev–Trinajstić information content (AvgIpc) is 3.14. The van der Waals surface area contributed by atoms with Crippen molar-refractivity contribution in [1.29, 1.82) is 0 Å². The third kappa shape index (κ3) is 5.18. The Bertz CT molecular complexity index is 880. The van der Waals surface area contributed by atoms with Crippen molar-refractivity contribution in [3.05, 3.63) is 88.2 Å². The fourth-order valence-electron chi connectivity index (χ4n) is 3.02. The van der Waals surface area contributed by atoms with E-state index in [1.165, 1.54) is 0 Å². The lowest BCUT2D eigenvalue weighted by atomic mass is 9.88. The lowest BCUT2D eigenvalue weighted by molar-refractivity contribution is -0.121. The monoisotopic (exact) mass is 383 g/mol. The highest BCUT2D eigenvalue weighted by Crippen LogP contribution is 2.32. The number of halogens is 1. The molecular formula is C21H22ClN3O2. The van der Waals surface area contributed by atoms with Gasteiger partial charge in [-0.2, -0.15) is 5.10 Å². The SMILES string of the molecule is COCc1cc(CNC(=O)C[C@@H](c2ccccc2)c2ccccc2Cl)[nH]n1. The van der Waals surface area contributed by atoms with Crippen molar-refractivity contribution in [1.82, 2.24) is 15.5 Å². The number of hydrogen-bond donors (Lipinski definition) is 2. The van der Waals surface area contributed by atoms with Crippen LogP contribution < -0.4 is 5.32 Å². The first-order valence-electron chi connectivity index (χ1n) is 8.75. The first kappa shape index (κ1) is 19.1. The predicted molar refractivity (Wildman–Crippen MR) is 106 cm³/mol. The Morgan fingerprint density at radius 2 is 1.93 bits per heavy atom. The third-order valence-corrected chi connectivity index (χ3v) is 4.67. The standard InChI is InChI=1S/C21H22ClN3O2/c1-27-14-17-11-16(24-25-17)13-23-21(26)12-19(15-7-3-2-4-8-15)18-9-5-6-10-20(18)22/h2-11,19H,12-14H2,1H3,(H,23,26)(H,24,25)/t19-/m0/s1. The molecule has 1 aromatic heterocycles. The van der Waals surface area contributed by atoms with Crippen molar-refractivity contribution < 1.29 is 9.53 Å². The molecule has 5 nitrogen and oxygen atoms in total. The number of nitrogens with one attached hydrogen (secondary N) is 2. The number of rotatable bonds is 8. The summed E-state index contributed by atoms with van der Waals surface area (Å²) in [5.41, 5.74) is 3.65. The molecule has 0 saturated carbocycles. The maximum atomic E-state index is 12.6. The van der Waals surface area contributed by atoms with E-state index in [2.05, 4.69) is 15.5 Å². The molecule has 3 aromatic rings. The number of methoxy groups -OCH3 is 1. The molecular weight excluding hydrogens is 362 g/mol. The highest BCUT2D eigenvalue weighted by Gasteiger charge is 2.20. The molecule has 2 N–H and O–H groups in total. The Morgan fingerprint density at radius 1 is 1.19 bits per heavy atom. The predicted octanol–water partition coefficient (Wildman–Crippen LogP) is 4.05. The Labute approximate surface area is 163 Å². The smallest absolute Gasteiger partial charge is 0.221 e. The number of aromatic nitrogens is 2. The first-order valence-corrected chi connectivity index (χ1v) is 9.13. The van der Waals surface area contributed by atoms with Crippen LogP contribution in [0, 0.1) is 0 Å². The second-order valence-corrected chi connectivity index (χ2v) is 6.69. The van der Waals surface area contributed by atoms with E-state index in [0.717, 1.165) is 22.5 Å². The topological polar surface area (TPSA) is 67.0 Å². The molecule has 27 heavy (non-hydrogen) atoms. The molecule has 140 valence electrons. The summed E-state index contributed by atoms with van der Waals surface area (Å²) in [4.78, 5) is 12.6. The van der Waals surface area contributed by atoms with Gasteiger partial charge in [0, 0.05) is 24.5 Å². The number of benzene rings is 2. The molecule has 0 aliphatic carbocycles. The maximum absolute atomic E-state index is 12.6. The van der Waals surface area contributed by atoms with Crippen LogP contribution in [0.15, 0.2) is 60.7 Å². The molecule has 0 aliphatic rings. The van der Waals surface area contributed by atoms with Crippen molar-refractivity contribution in [3.63, 3.8) is 0 Å². The maximum Gasteiger partial charge on any atom is 0.221 e. The van der Waals surface area contributed by atoms with E-state index < -0.39 is 0 Å². The molecule has 1 atom stereocenters. The summed E-state index contributed by atoms with van der Waals surface area (Å²) >= 11 is 6.40. The average molecular weight is 384 g/mol. The van der Waals surface area contributed by atoms with E-state index in [1.807, 2.05) is 60.7 Å². The van der Waals surface area contributed by atoms with Gasteiger partial charge in [-0.15, -0.1) is 0 Å². The normalized spacial score (nSPS) is 11.9. The van der Waals surface area contributed by atoms with Gasteiger partial charge in [-0.3, -0.25) is 9.89 Å². The van der Waals surface area contributed by atoms with Gasteiger partial charge in [0.05, 0.1) is 24.5 Å². The first-order chi connectivity index (χ1) is 13.2. The lowest BCUT2D eigenvalue weighted by Crippen LogP contribution is -2.25. The van der Waals surface area contributed by atoms with Crippen LogP contribution in [0.1, 0.15) is 34.9 Å². The van der Waals surface area contributed by atoms with Gasteiger partial charge >= 0.3 is 0 Å². The summed E-state index contributed by atoms with van der Waals surface area (Å²) in [5, 5.41) is 10.7. The van der Waals surface area contributed by atoms with Crippen molar-refractivity contribution >= 4 is 17.5 Å². The van der Waals surface area contributed by atoms with Gasteiger partial charge < -0.3 is 10.1 Å². The van der Waals surface area contributed by atoms with Crippen LogP contribution in [-0.4, -0.2) is 23.2 Å². The molecule has 3 rings (SSSR count). The zero-order valence-corrected chi connectivity index (χ0v) is 15.9. The summed E-state index contributed by atoms with van der Waals surface area (Å²) in [7, 11) is 1.62. The minimum Gasteiger partial charge on any atom is -0.378 e. The number of amides is 1. The van der Waals surface area contributed by atoms with Gasteiger partial charge in [0.1, 0.15) is 0 Å². The van der Waals surface area contributed by atoms with Crippen LogP contribution in [0.25, 0.3) is 0 Å². The number of aromatic amines is 1. The van der Waals surface area contributed by atoms with Crippen LogP contribution in [-0.2, 0) is 22.7 Å². The summed E-state index contributed by atoms with van der Waals surface area (Å²) in [6, 6.07) is 19.5. The van der Waals surface area contributed by atoms with Crippen LogP contribution >= 0.6 is 11.6 Å². The van der Waals surface area contributed by atoms with Crippen molar-refractivity contribution in [2.45, 2.75) is 25.5 Å². The second-order valence-electron chi connectivity index (χ2n) is 6.28. The second kappa shape index (κ2) is 9.35. The number of hydrogen-bond acceptors (Lipinski definition) is 3. The van der Waals surface area contributed by atoms with E-state index in [-0.39, 0.29) is 11.8 Å². The van der Waals surface area contributed by atoms with Gasteiger partial charge in [0.2, 0.25) is 5.91 Å². The fraction of sp³-hybridized carbons (Fsp3) is 0.238. The highest BCUT2D eigenvalue weighted by atomic mass is 35.5. The van der Waals surface area contributed by atoms with E-state index >= 15 is 0 Å². The number of carbonyl (C=O) groups excluding carboxylic acids is 1. The molecule has 2 aromatic carbocycles. The quantitative estimate of drug-likeness (QED) is 0.616. The van der Waals surface area contributed by atoms with Crippen LogP contribution in [0.5, 0.6) is 0 Å². The van der Waals surface area contributed by atoms with Gasteiger partial charge in [-0.1, -0.05) is 60.1 Å². The Hall–Kier alpha value is -2.63. The minimum absolute atomic E-state index is 0.0494. The molecule has 0 radical (unpaired) electrons. The molecule has 1 amide bonds. The zero-order valence-electron chi connectivity index (χ0n) is 15.1. The van der Waals surface area contributed by atoms with Crippen LogP contribution in [0.3, 0.4) is 0 Å². The zero-order chi connectivity index (χ0) is 19.1. The summed E-state index contributed by atoms with van der Waals surface area (Å²) in [5.74, 6) is -0.155. The molecule has 0 fully saturated rings. The molecule has 0 bridgehead atoms. The van der Waals surface area contributed by atoms with Crippen molar-refractivity contribution in [2.75, 3.05) is 7.11 Å². The van der Waals surface area contributed by atoms with Crippen LogP contribution in [0.4, 0.5) is 0 Å². The molecule has 0 spiro atoms. The molecule has 0 saturated heterocycles. The largest absolute Gasteiger partial charge is 0.378 e. The summed E-state index contributed by atoms with van der Waals surface area (Å²) in [6.07, 6.45) is 0.312. The Morgan fingerprint density at radius 3 is 2.67 bits per heavy atom. The van der Waals surface area contributed by atoms with Crippen LogP contribution in [0.2, 0.25) is 5.02 Å². The minimum atomic E-state index is -0.106. The number of nitrogens with zero attached hydrogens (tertiary/aromatic N) is 1. The van der Waals surface area contributed by atoms with E-state index in [0.29, 0.717) is 24.6 Å². The number of ether oxygens (including phenoxy) is 1. The van der Waals surface area contributed by atoms with Crippen molar-refractivity contribution in [3.8, 4) is 0 Å². The van der Waals surface area contributed by atoms with Gasteiger partial charge in [0.25, 0.3) is 0 Å². The molecule has 0 unspecified atom stereocenters. The van der Waals surface area contributed by atoms with E-state index in [4.69, 9.17) is 16.3 Å². The third-order valence-electron chi connectivity index (χ3n) is 4.32. The molecule has 6 heteroatoms.